The third-order valence-electron chi connectivity index (χ3n) is 2.96. The van der Waals surface area contributed by atoms with Crippen LogP contribution in [0.2, 0.25) is 0 Å². The van der Waals surface area contributed by atoms with Crippen LogP contribution in [0.15, 0.2) is 23.1 Å². The van der Waals surface area contributed by atoms with Crippen molar-refractivity contribution in [3.8, 4) is 0 Å². The van der Waals surface area contributed by atoms with E-state index in [4.69, 9.17) is 5.73 Å². The zero-order valence-electron chi connectivity index (χ0n) is 10.9. The van der Waals surface area contributed by atoms with Crippen LogP contribution in [0, 0.1) is 5.82 Å². The Morgan fingerprint density at radius 3 is 2.68 bits per heavy atom. The summed E-state index contributed by atoms with van der Waals surface area (Å²) in [6, 6.07) is 3.67. The fourth-order valence-corrected chi connectivity index (χ4v) is 5.00. The molecule has 0 aromatic heterocycles. The van der Waals surface area contributed by atoms with Crippen molar-refractivity contribution >= 4 is 27.5 Å². The molecular weight excluding hydrogens is 287 g/mol. The maximum absolute atomic E-state index is 13.8. The highest BCUT2D eigenvalue weighted by molar-refractivity contribution is 8.00. The van der Waals surface area contributed by atoms with Gasteiger partial charge in [0, 0.05) is 29.3 Å². The minimum atomic E-state index is -3.79. The number of rotatable bonds is 2. The van der Waals surface area contributed by atoms with Crippen molar-refractivity contribution in [3.05, 3.63) is 24.0 Å². The molecule has 0 atom stereocenters. The summed E-state index contributed by atoms with van der Waals surface area (Å²) in [5, 5.41) is 0. The van der Waals surface area contributed by atoms with Crippen LogP contribution >= 0.6 is 11.8 Å². The average Bonchev–Trinajstić information content (AvgIpc) is 2.27. The summed E-state index contributed by atoms with van der Waals surface area (Å²) >= 11 is 1.72. The van der Waals surface area contributed by atoms with Crippen molar-refractivity contribution in [1.29, 1.82) is 0 Å². The Labute approximate surface area is 117 Å². The van der Waals surface area contributed by atoms with E-state index in [0.29, 0.717) is 18.8 Å². The largest absolute Gasteiger partial charge is 0.399 e. The van der Waals surface area contributed by atoms with E-state index in [-0.39, 0.29) is 15.3 Å². The lowest BCUT2D eigenvalue weighted by Crippen LogP contribution is -2.46. The number of hydrogen-bond donors (Lipinski definition) is 1. The fraction of sp³-hybridized carbons (Fsp3) is 0.500. The summed E-state index contributed by atoms with van der Waals surface area (Å²) in [4.78, 5) is -0.301. The summed E-state index contributed by atoms with van der Waals surface area (Å²) < 4.78 is 39.9. The van der Waals surface area contributed by atoms with Gasteiger partial charge >= 0.3 is 0 Å². The highest BCUT2D eigenvalue weighted by Crippen LogP contribution is 2.33. The fourth-order valence-electron chi connectivity index (χ4n) is 2.04. The smallest absolute Gasteiger partial charge is 0.246 e. The van der Waals surface area contributed by atoms with Gasteiger partial charge in [-0.05, 0) is 32.0 Å². The van der Waals surface area contributed by atoms with Crippen LogP contribution in [0.4, 0.5) is 10.1 Å². The van der Waals surface area contributed by atoms with E-state index in [0.717, 1.165) is 6.07 Å². The first kappa shape index (κ1) is 14.6. The molecule has 0 spiro atoms. The van der Waals surface area contributed by atoms with Gasteiger partial charge in [-0.1, -0.05) is 0 Å². The minimum Gasteiger partial charge on any atom is -0.399 e. The SMILES string of the molecule is CC1(C)CN(S(=O)(=O)c2ccc(N)cc2F)CCS1. The Kier molecular flexibility index (Phi) is 3.81. The lowest BCUT2D eigenvalue weighted by Gasteiger charge is -2.36. The molecule has 1 aromatic carbocycles. The average molecular weight is 304 g/mol. The van der Waals surface area contributed by atoms with Crippen molar-refractivity contribution in [2.24, 2.45) is 0 Å². The molecule has 2 rings (SSSR count). The van der Waals surface area contributed by atoms with Gasteiger partial charge in [-0.25, -0.2) is 12.8 Å². The third kappa shape index (κ3) is 3.04. The molecule has 106 valence electrons. The first-order valence-electron chi connectivity index (χ1n) is 5.91. The van der Waals surface area contributed by atoms with E-state index in [1.165, 1.54) is 16.4 Å². The second kappa shape index (κ2) is 4.96. The van der Waals surface area contributed by atoms with Crippen LogP contribution < -0.4 is 5.73 Å². The third-order valence-corrected chi connectivity index (χ3v) is 6.14. The molecule has 0 amide bonds. The molecule has 0 unspecified atom stereocenters. The van der Waals surface area contributed by atoms with Crippen LogP contribution in [0.5, 0.6) is 0 Å². The van der Waals surface area contributed by atoms with E-state index in [1.807, 2.05) is 13.8 Å². The Hall–Kier alpha value is -0.790. The number of hydrogen-bond acceptors (Lipinski definition) is 4. The highest BCUT2D eigenvalue weighted by atomic mass is 32.2. The van der Waals surface area contributed by atoms with Crippen LogP contribution in [-0.4, -0.2) is 36.3 Å². The van der Waals surface area contributed by atoms with Gasteiger partial charge in [0.1, 0.15) is 10.7 Å². The normalized spacial score (nSPS) is 20.4. The van der Waals surface area contributed by atoms with E-state index in [9.17, 15) is 12.8 Å². The molecule has 1 fully saturated rings. The number of halogens is 1. The van der Waals surface area contributed by atoms with Crippen LogP contribution in [0.1, 0.15) is 13.8 Å². The van der Waals surface area contributed by atoms with Crippen molar-refractivity contribution in [1.82, 2.24) is 4.31 Å². The van der Waals surface area contributed by atoms with Crippen LogP contribution in [-0.2, 0) is 10.0 Å². The maximum Gasteiger partial charge on any atom is 0.246 e. The van der Waals surface area contributed by atoms with E-state index in [2.05, 4.69) is 0 Å². The summed E-state index contributed by atoms with van der Waals surface area (Å²) in [5.41, 5.74) is 5.65. The molecule has 0 bridgehead atoms. The first-order chi connectivity index (χ1) is 8.72. The Morgan fingerprint density at radius 1 is 1.42 bits per heavy atom. The summed E-state index contributed by atoms with van der Waals surface area (Å²) in [5.74, 6) is -0.0842. The van der Waals surface area contributed by atoms with E-state index >= 15 is 0 Å². The Morgan fingerprint density at radius 2 is 2.11 bits per heavy atom. The second-order valence-corrected chi connectivity index (χ2v) is 8.85. The minimum absolute atomic E-state index is 0.157. The van der Waals surface area contributed by atoms with Gasteiger partial charge < -0.3 is 5.73 Å². The molecule has 1 aromatic rings. The summed E-state index contributed by atoms with van der Waals surface area (Å²) in [7, 11) is -3.79. The van der Waals surface area contributed by atoms with Gasteiger partial charge in [-0.15, -0.1) is 0 Å². The van der Waals surface area contributed by atoms with Crippen molar-refractivity contribution in [2.75, 3.05) is 24.6 Å². The number of nitrogen functional groups attached to an aromatic ring is 1. The molecule has 0 aliphatic carbocycles. The molecule has 4 nitrogen and oxygen atoms in total. The monoisotopic (exact) mass is 304 g/mol. The Bertz CT molecular complexity index is 587. The van der Waals surface area contributed by atoms with Gasteiger partial charge in [0.05, 0.1) is 0 Å². The molecule has 0 radical (unpaired) electrons. The van der Waals surface area contributed by atoms with Crippen molar-refractivity contribution in [3.63, 3.8) is 0 Å². The zero-order chi connectivity index (χ0) is 14.3. The molecule has 1 heterocycles. The van der Waals surface area contributed by atoms with E-state index in [1.54, 1.807) is 11.8 Å². The molecule has 2 N–H and O–H groups in total. The Balaban J connectivity index is 2.37. The van der Waals surface area contributed by atoms with Crippen molar-refractivity contribution in [2.45, 2.75) is 23.5 Å². The number of nitrogens with zero attached hydrogens (tertiary/aromatic N) is 1. The first-order valence-corrected chi connectivity index (χ1v) is 8.34. The van der Waals surface area contributed by atoms with Gasteiger partial charge in [-0.2, -0.15) is 16.1 Å². The molecule has 19 heavy (non-hydrogen) atoms. The lowest BCUT2D eigenvalue weighted by atomic mass is 10.2. The van der Waals surface area contributed by atoms with Gasteiger partial charge in [-0.3, -0.25) is 0 Å². The molecule has 1 aliphatic rings. The van der Waals surface area contributed by atoms with Gasteiger partial charge in [0.2, 0.25) is 10.0 Å². The second-order valence-electron chi connectivity index (χ2n) is 5.14. The van der Waals surface area contributed by atoms with Gasteiger partial charge in [0.25, 0.3) is 0 Å². The molecule has 1 aliphatic heterocycles. The number of sulfonamides is 1. The van der Waals surface area contributed by atoms with Crippen LogP contribution in [0.25, 0.3) is 0 Å². The standard InChI is InChI=1S/C12H17FN2O2S2/c1-12(2)8-15(5-6-18-12)19(16,17)11-4-3-9(14)7-10(11)13/h3-4,7H,5-6,8,14H2,1-2H3. The van der Waals surface area contributed by atoms with Crippen molar-refractivity contribution < 1.29 is 12.8 Å². The maximum atomic E-state index is 13.8. The van der Waals surface area contributed by atoms with Gasteiger partial charge in [0.15, 0.2) is 0 Å². The quantitative estimate of drug-likeness (QED) is 0.848. The highest BCUT2D eigenvalue weighted by Gasteiger charge is 2.35. The lowest BCUT2D eigenvalue weighted by molar-refractivity contribution is 0.385. The summed E-state index contributed by atoms with van der Waals surface area (Å²) in [6.45, 7) is 4.75. The number of anilines is 1. The number of nitrogens with two attached hydrogens (primary N) is 1. The molecule has 7 heteroatoms. The summed E-state index contributed by atoms with van der Waals surface area (Å²) in [6.07, 6.45) is 0. The molecule has 1 saturated heterocycles. The number of benzene rings is 1. The molecule has 0 saturated carbocycles. The zero-order valence-corrected chi connectivity index (χ0v) is 12.5. The predicted octanol–water partition coefficient (Wildman–Crippen LogP) is 1.92. The number of thioether (sulfide) groups is 1. The predicted molar refractivity (Wildman–Crippen MR) is 76.1 cm³/mol. The molecular formula is C12H17FN2O2S2. The van der Waals surface area contributed by atoms with E-state index < -0.39 is 15.8 Å². The van der Waals surface area contributed by atoms with Crippen LogP contribution in [0.3, 0.4) is 0 Å². The topological polar surface area (TPSA) is 63.4 Å².